The summed E-state index contributed by atoms with van der Waals surface area (Å²) < 4.78 is 7.86. The first kappa shape index (κ1) is 14.8. The molecule has 0 aromatic heterocycles. The number of hydrogen-bond donors (Lipinski definition) is 2. The Morgan fingerprint density at radius 2 is 1.85 bits per heavy atom. The summed E-state index contributed by atoms with van der Waals surface area (Å²) >= 11 is 7.17. The molecule has 2 atom stereocenters. The van der Waals surface area contributed by atoms with Crippen molar-refractivity contribution in [3.8, 4) is 5.75 Å². The highest BCUT2D eigenvalue weighted by atomic mass is 79.9. The molecule has 2 aliphatic carbocycles. The minimum Gasteiger partial charge on any atom is -0.485 e. The van der Waals surface area contributed by atoms with Crippen molar-refractivity contribution in [3.05, 3.63) is 26.6 Å². The van der Waals surface area contributed by atoms with E-state index in [0.717, 1.165) is 40.5 Å². The average Bonchev–Trinajstić information content (AvgIpc) is 3.15. The normalized spacial score (nSPS) is 25.9. The second-order valence-corrected chi connectivity index (χ2v) is 7.41. The van der Waals surface area contributed by atoms with E-state index in [0.29, 0.717) is 6.04 Å². The van der Waals surface area contributed by atoms with Crippen LogP contribution in [0.4, 0.5) is 0 Å². The molecule has 0 aliphatic heterocycles. The van der Waals surface area contributed by atoms with Gasteiger partial charge in [-0.1, -0.05) is 0 Å². The molecule has 2 saturated carbocycles. The predicted octanol–water partition coefficient (Wildman–Crippen LogP) is 3.76. The SMILES string of the molecule is OC1CCCC1Oc1c(Br)cc(CNC2CC2)cc1Br. The molecule has 1 aromatic carbocycles. The first-order valence-electron chi connectivity index (χ1n) is 7.19. The van der Waals surface area contributed by atoms with Gasteiger partial charge in [0, 0.05) is 12.6 Å². The molecule has 0 radical (unpaired) electrons. The van der Waals surface area contributed by atoms with Crippen molar-refractivity contribution < 1.29 is 9.84 Å². The van der Waals surface area contributed by atoms with Crippen molar-refractivity contribution in [1.29, 1.82) is 0 Å². The summed E-state index contributed by atoms with van der Waals surface area (Å²) in [5.74, 6) is 0.797. The summed E-state index contributed by atoms with van der Waals surface area (Å²) in [7, 11) is 0. The monoisotopic (exact) mass is 403 g/mol. The van der Waals surface area contributed by atoms with Crippen molar-refractivity contribution in [2.75, 3.05) is 0 Å². The number of aliphatic hydroxyl groups is 1. The zero-order chi connectivity index (χ0) is 14.1. The van der Waals surface area contributed by atoms with Crippen molar-refractivity contribution in [3.63, 3.8) is 0 Å². The maximum absolute atomic E-state index is 9.87. The molecule has 20 heavy (non-hydrogen) atoms. The molecular formula is C15H19Br2NO2. The van der Waals surface area contributed by atoms with E-state index in [1.807, 2.05) is 0 Å². The predicted molar refractivity (Wildman–Crippen MR) is 86.0 cm³/mol. The van der Waals surface area contributed by atoms with Gasteiger partial charge in [0.1, 0.15) is 11.9 Å². The lowest BCUT2D eigenvalue weighted by Gasteiger charge is -2.20. The van der Waals surface area contributed by atoms with Gasteiger partial charge < -0.3 is 15.2 Å². The Bertz CT molecular complexity index is 468. The van der Waals surface area contributed by atoms with Crippen molar-refractivity contribution in [2.45, 2.75) is 56.9 Å². The van der Waals surface area contributed by atoms with Crippen LogP contribution in [0.2, 0.25) is 0 Å². The Kier molecular flexibility index (Phi) is 4.70. The zero-order valence-corrected chi connectivity index (χ0v) is 14.4. The summed E-state index contributed by atoms with van der Waals surface area (Å²) in [6, 6.07) is 4.89. The minimum atomic E-state index is -0.343. The van der Waals surface area contributed by atoms with Gasteiger partial charge in [-0.25, -0.2) is 0 Å². The molecule has 2 aliphatic rings. The van der Waals surface area contributed by atoms with Crippen LogP contribution in [-0.2, 0) is 6.54 Å². The summed E-state index contributed by atoms with van der Waals surface area (Å²) in [4.78, 5) is 0. The fourth-order valence-electron chi connectivity index (χ4n) is 2.57. The number of rotatable bonds is 5. The maximum Gasteiger partial charge on any atom is 0.148 e. The van der Waals surface area contributed by atoms with E-state index in [1.54, 1.807) is 0 Å². The van der Waals surface area contributed by atoms with Crippen LogP contribution in [0.25, 0.3) is 0 Å². The molecule has 0 bridgehead atoms. The summed E-state index contributed by atoms with van der Waals surface area (Å²) in [5.41, 5.74) is 1.23. The molecule has 2 N–H and O–H groups in total. The number of benzene rings is 1. The lowest BCUT2D eigenvalue weighted by Crippen LogP contribution is -2.26. The summed E-state index contributed by atoms with van der Waals surface area (Å²) in [5, 5.41) is 13.4. The second kappa shape index (κ2) is 6.34. The minimum absolute atomic E-state index is 0.0851. The number of hydrogen-bond acceptors (Lipinski definition) is 3. The Balaban J connectivity index is 1.70. The van der Waals surface area contributed by atoms with Gasteiger partial charge in [-0.3, -0.25) is 0 Å². The first-order valence-corrected chi connectivity index (χ1v) is 8.78. The van der Waals surface area contributed by atoms with Crippen LogP contribution in [-0.4, -0.2) is 23.4 Å². The molecule has 3 rings (SSSR count). The van der Waals surface area contributed by atoms with E-state index in [4.69, 9.17) is 4.74 Å². The van der Waals surface area contributed by atoms with Crippen molar-refractivity contribution in [2.24, 2.45) is 0 Å². The molecule has 110 valence electrons. The molecular weight excluding hydrogens is 386 g/mol. The Hall–Kier alpha value is -0.100. The lowest BCUT2D eigenvalue weighted by molar-refractivity contribution is 0.0594. The van der Waals surface area contributed by atoms with Gasteiger partial charge in [0.05, 0.1) is 15.0 Å². The van der Waals surface area contributed by atoms with Gasteiger partial charge in [0.2, 0.25) is 0 Å². The maximum atomic E-state index is 9.87. The van der Waals surface area contributed by atoms with Crippen LogP contribution in [0.5, 0.6) is 5.75 Å². The standard InChI is InChI=1S/C15H19Br2NO2/c16-11-6-9(8-18-10-4-5-10)7-12(17)15(11)20-14-3-1-2-13(14)19/h6-7,10,13-14,18-19H,1-5,8H2. The number of nitrogens with one attached hydrogen (secondary N) is 1. The molecule has 0 spiro atoms. The topological polar surface area (TPSA) is 41.5 Å². The summed E-state index contributed by atoms with van der Waals surface area (Å²) in [6.45, 7) is 0.883. The highest BCUT2D eigenvalue weighted by molar-refractivity contribution is 9.11. The third kappa shape index (κ3) is 3.56. The van der Waals surface area contributed by atoms with E-state index >= 15 is 0 Å². The molecule has 2 unspecified atom stereocenters. The van der Waals surface area contributed by atoms with Crippen LogP contribution in [0, 0.1) is 0 Å². The van der Waals surface area contributed by atoms with E-state index in [1.165, 1.54) is 18.4 Å². The van der Waals surface area contributed by atoms with Crippen LogP contribution >= 0.6 is 31.9 Å². The average molecular weight is 405 g/mol. The number of halogens is 2. The van der Waals surface area contributed by atoms with E-state index in [9.17, 15) is 5.11 Å². The van der Waals surface area contributed by atoms with Gasteiger partial charge >= 0.3 is 0 Å². The Labute approximate surface area is 136 Å². The van der Waals surface area contributed by atoms with E-state index in [-0.39, 0.29) is 12.2 Å². The van der Waals surface area contributed by atoms with Crippen LogP contribution in [0.3, 0.4) is 0 Å². The van der Waals surface area contributed by atoms with Crippen LogP contribution < -0.4 is 10.1 Å². The molecule has 0 saturated heterocycles. The summed E-state index contributed by atoms with van der Waals surface area (Å²) in [6.07, 6.45) is 4.95. The van der Waals surface area contributed by atoms with Gasteiger partial charge in [-0.05, 0) is 81.7 Å². The van der Waals surface area contributed by atoms with Gasteiger partial charge in [0.15, 0.2) is 0 Å². The molecule has 0 amide bonds. The van der Waals surface area contributed by atoms with E-state index < -0.39 is 0 Å². The molecule has 2 fully saturated rings. The third-order valence-electron chi connectivity index (χ3n) is 3.92. The zero-order valence-electron chi connectivity index (χ0n) is 11.2. The van der Waals surface area contributed by atoms with Gasteiger partial charge in [0.25, 0.3) is 0 Å². The van der Waals surface area contributed by atoms with Crippen molar-refractivity contribution >= 4 is 31.9 Å². The Morgan fingerprint density at radius 1 is 1.15 bits per heavy atom. The van der Waals surface area contributed by atoms with Gasteiger partial charge in [-0.2, -0.15) is 0 Å². The van der Waals surface area contributed by atoms with Crippen LogP contribution in [0.15, 0.2) is 21.1 Å². The number of ether oxygens (including phenoxy) is 1. The highest BCUT2D eigenvalue weighted by Crippen LogP contribution is 2.37. The third-order valence-corrected chi connectivity index (χ3v) is 5.10. The largest absolute Gasteiger partial charge is 0.485 e. The Morgan fingerprint density at radius 3 is 2.40 bits per heavy atom. The van der Waals surface area contributed by atoms with Crippen molar-refractivity contribution in [1.82, 2.24) is 5.32 Å². The number of aliphatic hydroxyl groups excluding tert-OH is 1. The molecule has 1 aromatic rings. The quantitative estimate of drug-likeness (QED) is 0.784. The van der Waals surface area contributed by atoms with Gasteiger partial charge in [-0.15, -0.1) is 0 Å². The fraction of sp³-hybridized carbons (Fsp3) is 0.600. The fourth-order valence-corrected chi connectivity index (χ4v) is 4.04. The molecule has 3 nitrogen and oxygen atoms in total. The smallest absolute Gasteiger partial charge is 0.148 e. The van der Waals surface area contributed by atoms with E-state index in [2.05, 4.69) is 49.3 Å². The highest BCUT2D eigenvalue weighted by Gasteiger charge is 2.28. The molecule has 5 heteroatoms. The lowest BCUT2D eigenvalue weighted by atomic mass is 10.2. The van der Waals surface area contributed by atoms with Crippen LogP contribution in [0.1, 0.15) is 37.7 Å². The second-order valence-electron chi connectivity index (χ2n) is 5.70. The first-order chi connectivity index (χ1) is 9.63. The molecule has 0 heterocycles.